The second kappa shape index (κ2) is 5.70. The van der Waals surface area contributed by atoms with Crippen LogP contribution in [0.3, 0.4) is 0 Å². The van der Waals surface area contributed by atoms with Crippen LogP contribution in [0.15, 0.2) is 24.3 Å². The lowest BCUT2D eigenvalue weighted by molar-refractivity contribution is -0.137. The minimum absolute atomic E-state index is 0.0717. The number of methoxy groups -OCH3 is 1. The van der Waals surface area contributed by atoms with Gasteiger partial charge in [-0.25, -0.2) is 9.78 Å². The fraction of sp³-hybridized carbons (Fsp3) is 0.286. The van der Waals surface area contributed by atoms with Crippen molar-refractivity contribution in [2.75, 3.05) is 12.4 Å². The Hall–Kier alpha value is -2.51. The molecule has 0 unspecified atom stereocenters. The van der Waals surface area contributed by atoms with E-state index in [1.807, 2.05) is 0 Å². The van der Waals surface area contributed by atoms with E-state index in [-0.39, 0.29) is 5.69 Å². The van der Waals surface area contributed by atoms with Crippen molar-refractivity contribution in [1.29, 1.82) is 0 Å². The molecule has 8 heteroatoms. The average Bonchev–Trinajstić information content (AvgIpc) is 2.74. The van der Waals surface area contributed by atoms with Crippen molar-refractivity contribution in [3.63, 3.8) is 0 Å². The molecular formula is C14H14F3N3O2. The van der Waals surface area contributed by atoms with Crippen LogP contribution in [-0.4, -0.2) is 22.6 Å². The van der Waals surface area contributed by atoms with Gasteiger partial charge in [-0.2, -0.15) is 13.2 Å². The van der Waals surface area contributed by atoms with E-state index in [9.17, 15) is 18.0 Å². The molecule has 0 aliphatic rings. The summed E-state index contributed by atoms with van der Waals surface area (Å²) in [4.78, 5) is 15.8. The number of benzene rings is 1. The van der Waals surface area contributed by atoms with Crippen LogP contribution in [0.1, 0.15) is 21.9 Å². The number of halogens is 3. The van der Waals surface area contributed by atoms with Gasteiger partial charge < -0.3 is 14.6 Å². The highest BCUT2D eigenvalue weighted by Crippen LogP contribution is 2.30. The number of carbonyl (C=O) groups excluding carboxylic acids is 1. The number of imidazole rings is 1. The van der Waals surface area contributed by atoms with E-state index in [4.69, 9.17) is 0 Å². The van der Waals surface area contributed by atoms with Gasteiger partial charge in [-0.15, -0.1) is 0 Å². The molecule has 0 spiro atoms. The molecule has 1 N–H and O–H groups in total. The number of ether oxygens (including phenoxy) is 1. The summed E-state index contributed by atoms with van der Waals surface area (Å²) in [7, 11) is 2.91. The van der Waals surface area contributed by atoms with Crippen molar-refractivity contribution in [2.45, 2.75) is 13.1 Å². The summed E-state index contributed by atoms with van der Waals surface area (Å²) in [5.74, 6) is 0.289. The minimum Gasteiger partial charge on any atom is -0.464 e. The number of anilines is 2. The maximum absolute atomic E-state index is 12.5. The van der Waals surface area contributed by atoms with Gasteiger partial charge in [0.15, 0.2) is 5.69 Å². The Morgan fingerprint density at radius 3 is 2.36 bits per heavy atom. The van der Waals surface area contributed by atoms with Crippen LogP contribution >= 0.6 is 0 Å². The van der Waals surface area contributed by atoms with E-state index in [0.29, 0.717) is 17.3 Å². The van der Waals surface area contributed by atoms with E-state index in [1.165, 1.54) is 19.2 Å². The first-order valence-corrected chi connectivity index (χ1v) is 6.30. The van der Waals surface area contributed by atoms with Gasteiger partial charge in [0.25, 0.3) is 0 Å². The van der Waals surface area contributed by atoms with Gasteiger partial charge >= 0.3 is 12.1 Å². The summed E-state index contributed by atoms with van der Waals surface area (Å²) in [5.41, 5.74) is -0.268. The van der Waals surface area contributed by atoms with Gasteiger partial charge in [0.1, 0.15) is 11.6 Å². The number of rotatable bonds is 3. The second-order valence-electron chi connectivity index (χ2n) is 4.61. The number of hydrogen-bond acceptors (Lipinski definition) is 4. The van der Waals surface area contributed by atoms with Crippen molar-refractivity contribution in [2.24, 2.45) is 7.05 Å². The van der Waals surface area contributed by atoms with Crippen LogP contribution in [0.5, 0.6) is 0 Å². The normalized spacial score (nSPS) is 11.4. The smallest absolute Gasteiger partial charge is 0.416 e. The largest absolute Gasteiger partial charge is 0.464 e. The highest BCUT2D eigenvalue weighted by atomic mass is 19.4. The van der Waals surface area contributed by atoms with Gasteiger partial charge in [-0.05, 0) is 31.2 Å². The molecule has 1 aromatic carbocycles. The second-order valence-corrected chi connectivity index (χ2v) is 4.61. The first-order valence-electron chi connectivity index (χ1n) is 6.30. The number of aryl methyl sites for hydroxylation is 1. The van der Waals surface area contributed by atoms with Crippen LogP contribution in [0.2, 0.25) is 0 Å². The van der Waals surface area contributed by atoms with Crippen LogP contribution in [0.4, 0.5) is 24.7 Å². The summed E-state index contributed by atoms with van der Waals surface area (Å²) < 4.78 is 43.9. The molecule has 0 fully saturated rings. The molecule has 5 nitrogen and oxygen atoms in total. The SMILES string of the molecule is COC(=O)c1nc(C)n(C)c1Nc1ccc(C(F)(F)F)cc1. The Morgan fingerprint density at radius 1 is 1.27 bits per heavy atom. The number of alkyl halides is 3. The minimum atomic E-state index is -4.39. The van der Waals surface area contributed by atoms with Crippen molar-refractivity contribution in [1.82, 2.24) is 9.55 Å². The lowest BCUT2D eigenvalue weighted by Gasteiger charge is -2.11. The highest BCUT2D eigenvalue weighted by Gasteiger charge is 2.30. The topological polar surface area (TPSA) is 56.1 Å². The average molecular weight is 313 g/mol. The standard InChI is InChI=1S/C14H14F3N3O2/c1-8-18-11(13(21)22-3)12(20(8)2)19-10-6-4-9(5-7-10)14(15,16)17/h4-7,19H,1-3H3. The van der Waals surface area contributed by atoms with Crippen LogP contribution in [0.25, 0.3) is 0 Å². The van der Waals surface area contributed by atoms with Gasteiger partial charge in [0.2, 0.25) is 0 Å². The number of esters is 1. The lowest BCUT2D eigenvalue weighted by atomic mass is 10.2. The third-order valence-electron chi connectivity index (χ3n) is 3.17. The van der Waals surface area contributed by atoms with E-state index in [1.54, 1.807) is 18.5 Å². The van der Waals surface area contributed by atoms with Crippen molar-refractivity contribution < 1.29 is 22.7 Å². The first kappa shape index (κ1) is 15.9. The van der Waals surface area contributed by atoms with Crippen molar-refractivity contribution in [3.05, 3.63) is 41.3 Å². The number of aromatic nitrogens is 2. The summed E-state index contributed by atoms with van der Waals surface area (Å²) in [5, 5.41) is 2.89. The number of nitrogens with zero attached hydrogens (tertiary/aromatic N) is 2. The summed E-state index contributed by atoms with van der Waals surface area (Å²) in [6.45, 7) is 1.70. The van der Waals surface area contributed by atoms with Crippen LogP contribution in [0, 0.1) is 6.92 Å². The molecule has 22 heavy (non-hydrogen) atoms. The number of nitrogens with one attached hydrogen (secondary N) is 1. The summed E-state index contributed by atoms with van der Waals surface area (Å²) >= 11 is 0. The predicted molar refractivity (Wildman–Crippen MR) is 74.0 cm³/mol. The zero-order chi connectivity index (χ0) is 16.5. The third kappa shape index (κ3) is 3.05. The van der Waals surface area contributed by atoms with Gasteiger partial charge in [0, 0.05) is 12.7 Å². The zero-order valence-corrected chi connectivity index (χ0v) is 12.2. The summed E-state index contributed by atoms with van der Waals surface area (Å²) in [6.07, 6.45) is -4.39. The van der Waals surface area contributed by atoms with Crippen LogP contribution < -0.4 is 5.32 Å². The van der Waals surface area contributed by atoms with Gasteiger partial charge in [-0.1, -0.05) is 0 Å². The molecule has 2 aromatic rings. The molecule has 0 atom stereocenters. The molecule has 0 amide bonds. The quantitative estimate of drug-likeness (QED) is 0.884. The Labute approximate surface area is 124 Å². The predicted octanol–water partition coefficient (Wildman–Crippen LogP) is 3.28. The molecule has 0 aliphatic heterocycles. The Balaban J connectivity index is 2.33. The molecule has 0 aliphatic carbocycles. The first-order chi connectivity index (χ1) is 10.2. The molecule has 0 bridgehead atoms. The van der Waals surface area contributed by atoms with Crippen LogP contribution in [-0.2, 0) is 18.0 Å². The Morgan fingerprint density at radius 2 is 1.86 bits per heavy atom. The fourth-order valence-corrected chi connectivity index (χ4v) is 1.87. The van der Waals surface area contributed by atoms with E-state index < -0.39 is 17.7 Å². The molecule has 2 rings (SSSR count). The summed E-state index contributed by atoms with van der Waals surface area (Å²) in [6, 6.07) is 4.49. The molecule has 118 valence electrons. The Kier molecular flexibility index (Phi) is 4.11. The van der Waals surface area contributed by atoms with Gasteiger partial charge in [-0.3, -0.25) is 0 Å². The zero-order valence-electron chi connectivity index (χ0n) is 12.2. The lowest BCUT2D eigenvalue weighted by Crippen LogP contribution is -2.08. The van der Waals surface area contributed by atoms with E-state index in [0.717, 1.165) is 12.1 Å². The molecule has 0 saturated heterocycles. The molecular weight excluding hydrogens is 299 g/mol. The molecule has 0 radical (unpaired) electrons. The number of carbonyl (C=O) groups is 1. The maximum atomic E-state index is 12.5. The third-order valence-corrected chi connectivity index (χ3v) is 3.17. The molecule has 1 aromatic heterocycles. The highest BCUT2D eigenvalue weighted by molar-refractivity contribution is 5.93. The van der Waals surface area contributed by atoms with Crippen molar-refractivity contribution in [3.8, 4) is 0 Å². The Bertz CT molecular complexity index is 691. The van der Waals surface area contributed by atoms with E-state index in [2.05, 4.69) is 15.0 Å². The molecule has 1 heterocycles. The monoisotopic (exact) mass is 313 g/mol. The number of hydrogen-bond donors (Lipinski definition) is 1. The van der Waals surface area contributed by atoms with E-state index >= 15 is 0 Å². The fourth-order valence-electron chi connectivity index (χ4n) is 1.87. The molecule has 0 saturated carbocycles. The van der Waals surface area contributed by atoms with Gasteiger partial charge in [0.05, 0.1) is 12.7 Å². The maximum Gasteiger partial charge on any atom is 0.416 e. The van der Waals surface area contributed by atoms with Crippen molar-refractivity contribution >= 4 is 17.5 Å².